The quantitative estimate of drug-likeness (QED) is 0.248. The fraction of sp³-hybridized carbons (Fsp3) is 0.438. The molecule has 2 heterocycles. The maximum Gasteiger partial charge on any atom is 0.185 e. The van der Waals surface area contributed by atoms with Crippen molar-refractivity contribution < 1.29 is 18.4 Å². The molecular formula is C16H21FN6O3S2. The summed E-state index contributed by atoms with van der Waals surface area (Å²) in [6, 6.07) is 5.17. The number of amidine groups is 1. The second-order valence-corrected chi connectivity index (χ2v) is 8.18. The van der Waals surface area contributed by atoms with Crippen LogP contribution in [0.3, 0.4) is 0 Å². The number of halogens is 1. The number of rotatable bonds is 4. The van der Waals surface area contributed by atoms with E-state index >= 15 is 0 Å². The molecule has 2 aromatic rings. The van der Waals surface area contributed by atoms with E-state index in [-0.39, 0.29) is 17.7 Å². The second kappa shape index (κ2) is 10.1. The van der Waals surface area contributed by atoms with E-state index in [1.54, 1.807) is 12.1 Å². The lowest BCUT2D eigenvalue weighted by atomic mass is 10.1. The summed E-state index contributed by atoms with van der Waals surface area (Å²) in [5.41, 5.74) is 4.81. The molecule has 152 valence electrons. The van der Waals surface area contributed by atoms with Crippen molar-refractivity contribution >= 4 is 28.8 Å². The first-order valence-corrected chi connectivity index (χ1v) is 10.8. The van der Waals surface area contributed by atoms with Gasteiger partial charge in [0.1, 0.15) is 5.82 Å². The zero-order valence-corrected chi connectivity index (χ0v) is 16.8. The van der Waals surface area contributed by atoms with Gasteiger partial charge in [-0.2, -0.15) is 0 Å². The van der Waals surface area contributed by atoms with Gasteiger partial charge in [-0.15, -0.1) is 0 Å². The zero-order valence-electron chi connectivity index (χ0n) is 15.1. The zero-order chi connectivity index (χ0) is 19.9. The molecule has 1 aliphatic heterocycles. The molecule has 1 aliphatic carbocycles. The lowest BCUT2D eigenvalue weighted by molar-refractivity contribution is 0.233. The minimum Gasteiger partial charge on any atom is -0.290 e. The van der Waals surface area contributed by atoms with E-state index < -0.39 is 11.2 Å². The Hall–Kier alpha value is -1.86. The van der Waals surface area contributed by atoms with Crippen LogP contribution >= 0.6 is 11.8 Å². The molecule has 4 rings (SSSR count). The van der Waals surface area contributed by atoms with Crippen LogP contribution in [0, 0.1) is 5.82 Å². The van der Waals surface area contributed by atoms with Crippen LogP contribution in [0.2, 0.25) is 0 Å². The average molecular weight is 429 g/mol. The molecule has 9 nitrogen and oxygen atoms in total. The highest BCUT2D eigenvalue weighted by atomic mass is 32.2. The Morgan fingerprint density at radius 2 is 2.29 bits per heavy atom. The van der Waals surface area contributed by atoms with E-state index in [1.165, 1.54) is 36.4 Å². The van der Waals surface area contributed by atoms with Crippen molar-refractivity contribution in [3.8, 4) is 0 Å². The monoisotopic (exact) mass is 428 g/mol. The Morgan fingerprint density at radius 3 is 3.00 bits per heavy atom. The molecule has 0 saturated carbocycles. The Labute approximate surface area is 168 Å². The highest BCUT2D eigenvalue weighted by molar-refractivity contribution is 7.99. The number of thioether (sulfide) groups is 1. The summed E-state index contributed by atoms with van der Waals surface area (Å²) in [6.45, 7) is 0.618. The highest BCUT2D eigenvalue weighted by Crippen LogP contribution is 2.22. The number of fused-ring (bicyclic) bond motifs is 1. The van der Waals surface area contributed by atoms with Crippen molar-refractivity contribution in [1.29, 1.82) is 0 Å². The number of nitrogens with one attached hydrogen (secondary N) is 3. The normalized spacial score (nSPS) is 21.2. The molecule has 0 spiro atoms. The highest BCUT2D eigenvalue weighted by Gasteiger charge is 2.22. The predicted octanol–water partition coefficient (Wildman–Crippen LogP) is 0.971. The first-order chi connectivity index (χ1) is 13.6. The largest absolute Gasteiger partial charge is 0.290 e. The Kier molecular flexibility index (Phi) is 7.50. The molecule has 28 heavy (non-hydrogen) atoms. The van der Waals surface area contributed by atoms with E-state index in [9.17, 15) is 8.60 Å². The Bertz CT molecular complexity index is 863. The van der Waals surface area contributed by atoms with Crippen LogP contribution < -0.4 is 14.9 Å². The molecule has 2 atom stereocenters. The third-order valence-electron chi connectivity index (χ3n) is 4.23. The summed E-state index contributed by atoms with van der Waals surface area (Å²) in [7, 11) is 1.51. The fourth-order valence-corrected chi connectivity index (χ4v) is 4.78. The summed E-state index contributed by atoms with van der Waals surface area (Å²) in [4.78, 5) is 3.80. The van der Waals surface area contributed by atoms with Crippen molar-refractivity contribution in [2.45, 2.75) is 30.3 Å². The molecule has 1 aromatic carbocycles. The second-order valence-electron chi connectivity index (χ2n) is 6.11. The first-order valence-electron chi connectivity index (χ1n) is 8.62. The molecule has 0 radical (unpaired) electrons. The first kappa shape index (κ1) is 20.9. The van der Waals surface area contributed by atoms with E-state index in [0.29, 0.717) is 23.0 Å². The van der Waals surface area contributed by atoms with Crippen molar-refractivity contribution in [1.82, 2.24) is 25.2 Å². The van der Waals surface area contributed by atoms with Gasteiger partial charge in [0.25, 0.3) is 0 Å². The molecule has 1 fully saturated rings. The summed E-state index contributed by atoms with van der Waals surface area (Å²) >= 11 is 0.208. The van der Waals surface area contributed by atoms with Gasteiger partial charge < -0.3 is 0 Å². The SMILES string of the molecule is CN=C(NO)c1nonc1SC[C@H]1CNS(=O)N1.Fc1ccc2c(c1)CCC2. The third-order valence-corrected chi connectivity index (χ3v) is 6.32. The van der Waals surface area contributed by atoms with Gasteiger partial charge in [-0.3, -0.25) is 15.7 Å². The van der Waals surface area contributed by atoms with Crippen LogP contribution in [-0.2, 0) is 24.0 Å². The van der Waals surface area contributed by atoms with Gasteiger partial charge in [-0.1, -0.05) is 17.8 Å². The van der Waals surface area contributed by atoms with E-state index in [4.69, 9.17) is 5.21 Å². The van der Waals surface area contributed by atoms with Crippen LogP contribution in [0.25, 0.3) is 0 Å². The number of aliphatic imine (C=N–C) groups is 1. The minimum atomic E-state index is -1.17. The Balaban J connectivity index is 0.000000188. The minimum absolute atomic E-state index is 0.0736. The van der Waals surface area contributed by atoms with Crippen LogP contribution in [-0.4, -0.2) is 51.0 Å². The molecule has 0 amide bonds. The van der Waals surface area contributed by atoms with Gasteiger partial charge in [0.2, 0.25) is 0 Å². The summed E-state index contributed by atoms with van der Waals surface area (Å²) < 4.78 is 33.9. The number of benzene rings is 1. The third kappa shape index (κ3) is 5.35. The number of hydroxylamine groups is 1. The average Bonchev–Trinajstić information content (AvgIpc) is 3.42. The molecule has 0 bridgehead atoms. The maximum absolute atomic E-state index is 12.6. The van der Waals surface area contributed by atoms with Crippen LogP contribution in [0.15, 0.2) is 32.8 Å². The van der Waals surface area contributed by atoms with Crippen molar-refractivity contribution in [3.63, 3.8) is 0 Å². The van der Waals surface area contributed by atoms with Crippen LogP contribution in [0.1, 0.15) is 23.2 Å². The lowest BCUT2D eigenvalue weighted by Gasteiger charge is -2.05. The van der Waals surface area contributed by atoms with Gasteiger partial charge in [0.05, 0.1) is 0 Å². The molecular weight excluding hydrogens is 407 g/mol. The van der Waals surface area contributed by atoms with Gasteiger partial charge in [-0.25, -0.2) is 22.7 Å². The summed E-state index contributed by atoms with van der Waals surface area (Å²) in [5, 5.41) is 16.8. The van der Waals surface area contributed by atoms with Gasteiger partial charge in [-0.05, 0) is 52.8 Å². The number of aryl methyl sites for hydroxylation is 2. The predicted molar refractivity (Wildman–Crippen MR) is 104 cm³/mol. The molecule has 4 N–H and O–H groups in total. The molecule has 1 saturated heterocycles. The topological polar surface area (TPSA) is 125 Å². The van der Waals surface area contributed by atoms with Crippen molar-refractivity contribution in [2.75, 3.05) is 19.3 Å². The number of hydrogen-bond donors (Lipinski definition) is 4. The van der Waals surface area contributed by atoms with Crippen molar-refractivity contribution in [3.05, 3.63) is 40.8 Å². The van der Waals surface area contributed by atoms with Crippen molar-refractivity contribution in [2.24, 2.45) is 4.99 Å². The van der Waals surface area contributed by atoms with Gasteiger partial charge in [0, 0.05) is 25.4 Å². The summed E-state index contributed by atoms with van der Waals surface area (Å²) in [6.07, 6.45) is 3.39. The van der Waals surface area contributed by atoms with E-state index in [0.717, 1.165) is 12.8 Å². The number of aromatic nitrogens is 2. The smallest absolute Gasteiger partial charge is 0.185 e. The standard InChI is InChI=1S/C9H9F.C7H12N6O3S2/c10-9-5-4-7-2-1-3-8(7)6-9;1-8-6(10-14)5-7(12-16-11-5)17-3-4-2-9-18(15)13-4/h4-6H,1-3H2;4,9,13-14H,2-3H2,1H3,(H,8,10)/t;4-,18?/m.1/s1. The fourth-order valence-electron chi connectivity index (χ4n) is 2.85. The molecule has 1 aromatic heterocycles. The Morgan fingerprint density at radius 1 is 1.46 bits per heavy atom. The maximum atomic E-state index is 12.6. The molecule has 12 heteroatoms. The lowest BCUT2D eigenvalue weighted by Crippen LogP contribution is -2.26. The van der Waals surface area contributed by atoms with E-state index in [2.05, 4.69) is 29.4 Å². The molecule has 1 unspecified atom stereocenters. The van der Waals surface area contributed by atoms with Gasteiger partial charge in [0.15, 0.2) is 27.7 Å². The number of nitrogens with zero attached hydrogens (tertiary/aromatic N) is 3. The number of hydrogen-bond acceptors (Lipinski definition) is 7. The molecule has 2 aliphatic rings. The van der Waals surface area contributed by atoms with Crippen LogP contribution in [0.4, 0.5) is 4.39 Å². The van der Waals surface area contributed by atoms with Gasteiger partial charge >= 0.3 is 0 Å². The van der Waals surface area contributed by atoms with E-state index in [1.807, 2.05) is 11.5 Å². The summed E-state index contributed by atoms with van der Waals surface area (Å²) in [5.74, 6) is 0.725. The van der Waals surface area contributed by atoms with Crippen LogP contribution in [0.5, 0.6) is 0 Å².